The summed E-state index contributed by atoms with van der Waals surface area (Å²) in [6.07, 6.45) is 16.5. The quantitative estimate of drug-likeness (QED) is 0.303. The van der Waals surface area contributed by atoms with Crippen molar-refractivity contribution in [1.82, 2.24) is 0 Å². The molecule has 0 aromatic heterocycles. The van der Waals surface area contributed by atoms with Crippen molar-refractivity contribution in [3.8, 4) is 0 Å². The van der Waals surface area contributed by atoms with Crippen LogP contribution in [0.25, 0.3) is 16.8 Å². The highest BCUT2D eigenvalue weighted by atomic mass is 14.3. The maximum absolute atomic E-state index is 3.55. The maximum Gasteiger partial charge on any atom is 0.0101 e. The monoisotopic (exact) mass is 444 g/mol. The summed E-state index contributed by atoms with van der Waals surface area (Å²) in [4.78, 5) is 0. The van der Waals surface area contributed by atoms with Gasteiger partial charge in [-0.05, 0) is 110 Å². The average Bonchev–Trinajstić information content (AvgIpc) is 2.81. The van der Waals surface area contributed by atoms with Crippen molar-refractivity contribution in [3.05, 3.63) is 118 Å². The van der Waals surface area contributed by atoms with Gasteiger partial charge in [0.25, 0.3) is 0 Å². The fourth-order valence-corrected chi connectivity index (χ4v) is 5.99. The van der Waals surface area contributed by atoms with Crippen molar-refractivity contribution in [2.24, 2.45) is 5.92 Å². The largest absolute Gasteiger partial charge is 0.122 e. The van der Waals surface area contributed by atoms with Crippen molar-refractivity contribution in [1.29, 1.82) is 0 Å². The van der Waals surface area contributed by atoms with Crippen molar-refractivity contribution in [2.45, 2.75) is 65.2 Å². The maximum atomic E-state index is 3.55. The van der Waals surface area contributed by atoms with Crippen LogP contribution in [0.1, 0.15) is 79.7 Å². The summed E-state index contributed by atoms with van der Waals surface area (Å²) in [5, 5.41) is 2.71. The van der Waals surface area contributed by atoms with Gasteiger partial charge >= 0.3 is 0 Å². The van der Waals surface area contributed by atoms with Gasteiger partial charge < -0.3 is 0 Å². The molecule has 2 bridgehead atoms. The highest BCUT2D eigenvalue weighted by molar-refractivity contribution is 5.92. The molecule has 0 heterocycles. The van der Waals surface area contributed by atoms with E-state index in [0.717, 1.165) is 6.42 Å². The first kappa shape index (κ1) is 22.7. The molecule has 0 radical (unpaired) electrons. The van der Waals surface area contributed by atoms with Gasteiger partial charge in [-0.2, -0.15) is 0 Å². The Labute approximate surface area is 205 Å². The number of hydrogen-bond donors (Lipinski definition) is 0. The molecule has 3 aromatic rings. The summed E-state index contributed by atoms with van der Waals surface area (Å²) in [6, 6.07) is 20.7. The summed E-state index contributed by atoms with van der Waals surface area (Å²) in [6.45, 7) is 6.67. The van der Waals surface area contributed by atoms with Crippen LogP contribution in [0.5, 0.6) is 0 Å². The third kappa shape index (κ3) is 4.89. The molecule has 3 aromatic carbocycles. The molecule has 2 atom stereocenters. The molecular formula is C34H36. The van der Waals surface area contributed by atoms with Gasteiger partial charge in [0.15, 0.2) is 0 Å². The van der Waals surface area contributed by atoms with Crippen LogP contribution in [-0.4, -0.2) is 0 Å². The number of allylic oxidation sites excluding steroid dienone is 4. The van der Waals surface area contributed by atoms with Gasteiger partial charge in [0.1, 0.15) is 0 Å². The molecule has 172 valence electrons. The minimum absolute atomic E-state index is 0.420. The molecule has 0 N–H and O–H groups in total. The lowest BCUT2D eigenvalue weighted by Crippen LogP contribution is -2.14. The van der Waals surface area contributed by atoms with Gasteiger partial charge in [-0.1, -0.05) is 84.0 Å². The van der Waals surface area contributed by atoms with Crippen molar-refractivity contribution < 1.29 is 0 Å². The molecule has 34 heavy (non-hydrogen) atoms. The minimum atomic E-state index is 0.420. The number of aryl methyl sites for hydroxylation is 1. The third-order valence-corrected chi connectivity index (χ3v) is 7.67. The van der Waals surface area contributed by atoms with Crippen molar-refractivity contribution in [2.75, 3.05) is 0 Å². The Morgan fingerprint density at radius 2 is 1.76 bits per heavy atom. The molecule has 5 rings (SSSR count). The molecule has 2 unspecified atom stereocenters. The zero-order valence-electron chi connectivity index (χ0n) is 20.9. The number of hydrogen-bond acceptors (Lipinski definition) is 0. The Bertz CT molecular complexity index is 1320. The van der Waals surface area contributed by atoms with Crippen LogP contribution >= 0.6 is 0 Å². The predicted octanol–water partition coefficient (Wildman–Crippen LogP) is 9.48. The molecule has 2 aliphatic rings. The zero-order chi connectivity index (χ0) is 23.5. The highest BCUT2D eigenvalue weighted by Gasteiger charge is 2.25. The molecule has 0 fully saturated rings. The topological polar surface area (TPSA) is 0 Å². The third-order valence-electron chi connectivity index (χ3n) is 7.67. The van der Waals surface area contributed by atoms with E-state index in [1.165, 1.54) is 81.8 Å². The van der Waals surface area contributed by atoms with E-state index in [1.807, 2.05) is 0 Å². The predicted molar refractivity (Wildman–Crippen MR) is 147 cm³/mol. The molecule has 2 aliphatic carbocycles. The van der Waals surface area contributed by atoms with Gasteiger partial charge in [-0.15, -0.1) is 5.73 Å². The standard InChI is InChI=1S/C34H36/c1-24-9-6-11-27-12-8-16-32-30-15-5-4-13-28(30)18-20-33(32)34(23-27)31-19-17-26(3)22-29(31)14-7-10-25(2)21-24/h4-5,7-8,13,15-22,27,34H,6,9,11-12,14,23H2,1-3H3. The van der Waals surface area contributed by atoms with E-state index >= 15 is 0 Å². The molecule has 0 saturated heterocycles. The summed E-state index contributed by atoms with van der Waals surface area (Å²) < 4.78 is 0. The van der Waals surface area contributed by atoms with Gasteiger partial charge in [0.05, 0.1) is 0 Å². The second-order valence-corrected chi connectivity index (χ2v) is 10.4. The Morgan fingerprint density at radius 1 is 0.912 bits per heavy atom. The summed E-state index contributed by atoms with van der Waals surface area (Å²) in [5.74, 6) is 1.13. The van der Waals surface area contributed by atoms with E-state index < -0.39 is 0 Å². The first-order valence-electron chi connectivity index (χ1n) is 12.9. The van der Waals surface area contributed by atoms with Crippen molar-refractivity contribution in [3.63, 3.8) is 0 Å². The van der Waals surface area contributed by atoms with Crippen LogP contribution in [0.3, 0.4) is 0 Å². The normalized spacial score (nSPS) is 20.9. The highest BCUT2D eigenvalue weighted by Crippen LogP contribution is 2.42. The van der Waals surface area contributed by atoms with Gasteiger partial charge in [0.2, 0.25) is 0 Å². The van der Waals surface area contributed by atoms with Gasteiger partial charge in [-0.25, -0.2) is 0 Å². The number of fused-ring (bicyclic) bond motifs is 8. The van der Waals surface area contributed by atoms with E-state index in [4.69, 9.17) is 0 Å². The molecule has 0 nitrogen and oxygen atoms in total. The number of rotatable bonds is 0. The second kappa shape index (κ2) is 10.0. The van der Waals surface area contributed by atoms with E-state index in [2.05, 4.69) is 105 Å². The lowest BCUT2D eigenvalue weighted by atomic mass is 9.75. The zero-order valence-corrected chi connectivity index (χ0v) is 20.9. The fourth-order valence-electron chi connectivity index (χ4n) is 5.99. The van der Waals surface area contributed by atoms with Crippen LogP contribution in [0.2, 0.25) is 0 Å². The first-order chi connectivity index (χ1) is 16.6. The lowest BCUT2D eigenvalue weighted by Gasteiger charge is -2.29. The molecule has 0 heteroatoms. The van der Waals surface area contributed by atoms with Crippen LogP contribution in [-0.2, 0) is 6.42 Å². The molecule has 0 amide bonds. The molecular weight excluding hydrogens is 408 g/mol. The Balaban J connectivity index is 1.70. The van der Waals surface area contributed by atoms with Gasteiger partial charge in [0, 0.05) is 5.92 Å². The Morgan fingerprint density at radius 3 is 2.68 bits per heavy atom. The Hall–Kier alpha value is -3.08. The average molecular weight is 445 g/mol. The van der Waals surface area contributed by atoms with Gasteiger partial charge in [-0.3, -0.25) is 0 Å². The Kier molecular flexibility index (Phi) is 6.70. The summed E-state index contributed by atoms with van der Waals surface area (Å²) in [7, 11) is 0. The van der Waals surface area contributed by atoms with E-state index in [9.17, 15) is 0 Å². The SMILES string of the molecule is CC1=C=CCc2cc(C)ccc2C2CC(CC=Cc3c2ccc2ccccc32)CCCC(C)=C1. The smallest absolute Gasteiger partial charge is 0.0101 e. The van der Waals surface area contributed by atoms with E-state index in [-0.39, 0.29) is 0 Å². The summed E-state index contributed by atoms with van der Waals surface area (Å²) >= 11 is 0. The van der Waals surface area contributed by atoms with Crippen LogP contribution < -0.4 is 0 Å². The van der Waals surface area contributed by atoms with Crippen LogP contribution in [0.4, 0.5) is 0 Å². The molecule has 0 aliphatic heterocycles. The molecule has 0 saturated carbocycles. The minimum Gasteiger partial charge on any atom is -0.122 e. The molecule has 0 spiro atoms. The van der Waals surface area contributed by atoms with E-state index in [0.29, 0.717) is 11.8 Å². The first-order valence-corrected chi connectivity index (χ1v) is 12.9. The second-order valence-electron chi connectivity index (χ2n) is 10.4. The fraction of sp³-hybridized carbons (Fsp3) is 0.324. The number of benzene rings is 3. The van der Waals surface area contributed by atoms with Crippen molar-refractivity contribution >= 4 is 16.8 Å². The van der Waals surface area contributed by atoms with E-state index in [1.54, 1.807) is 0 Å². The van der Waals surface area contributed by atoms with Crippen LogP contribution in [0, 0.1) is 12.8 Å². The lowest BCUT2D eigenvalue weighted by molar-refractivity contribution is 0.418. The van der Waals surface area contributed by atoms with Crippen LogP contribution in [0.15, 0.2) is 89.7 Å². The summed E-state index contributed by atoms with van der Waals surface area (Å²) in [5.41, 5.74) is 13.5.